The molecule has 0 saturated carbocycles. The number of nitrogens with zero attached hydrogens (tertiary/aromatic N) is 5. The summed E-state index contributed by atoms with van der Waals surface area (Å²) in [7, 11) is 0. The van der Waals surface area contributed by atoms with E-state index in [1.165, 1.54) is 24.3 Å². The molecule has 3 aromatic carbocycles. The summed E-state index contributed by atoms with van der Waals surface area (Å²) in [4.78, 5) is 43.9. The van der Waals surface area contributed by atoms with Crippen LogP contribution in [0.5, 0.6) is 0 Å². The maximum atomic E-state index is 12.5. The summed E-state index contributed by atoms with van der Waals surface area (Å²) in [5.74, 6) is -0.819. The molecule has 0 atom stereocenters. The predicted octanol–water partition coefficient (Wildman–Crippen LogP) is 4.36. The minimum Gasteiger partial charge on any atom is -0.320 e. The van der Waals surface area contributed by atoms with Gasteiger partial charge in [0, 0.05) is 29.6 Å². The maximum Gasteiger partial charge on any atom is 0.355 e. The van der Waals surface area contributed by atoms with Crippen molar-refractivity contribution in [2.24, 2.45) is 0 Å². The highest BCUT2D eigenvalue weighted by molar-refractivity contribution is 5.97. The van der Waals surface area contributed by atoms with Crippen LogP contribution in [0.4, 0.5) is 28.7 Å². The molecule has 12 heteroatoms. The van der Waals surface area contributed by atoms with Crippen LogP contribution in [-0.4, -0.2) is 32.3 Å². The number of carbonyl (C=O) groups is 1. The summed E-state index contributed by atoms with van der Waals surface area (Å²) in [6.07, 6.45) is 1.16. The second-order valence-electron chi connectivity index (χ2n) is 7.28. The lowest BCUT2D eigenvalue weighted by Gasteiger charge is -2.24. The van der Waals surface area contributed by atoms with Crippen LogP contribution in [0.25, 0.3) is 10.8 Å². The highest BCUT2D eigenvalue weighted by Crippen LogP contribution is 2.38. The number of anilines is 3. The third-order valence-electron chi connectivity index (χ3n) is 5.25. The zero-order valence-corrected chi connectivity index (χ0v) is 18.4. The van der Waals surface area contributed by atoms with Crippen molar-refractivity contribution >= 4 is 45.4 Å². The van der Waals surface area contributed by atoms with Crippen molar-refractivity contribution in [2.75, 3.05) is 16.9 Å². The lowest BCUT2D eigenvalue weighted by Crippen LogP contribution is -2.30. The fourth-order valence-electron chi connectivity index (χ4n) is 3.63. The van der Waals surface area contributed by atoms with Crippen LogP contribution in [0.3, 0.4) is 0 Å². The van der Waals surface area contributed by atoms with Crippen LogP contribution in [0.1, 0.15) is 17.3 Å². The van der Waals surface area contributed by atoms with E-state index >= 15 is 0 Å². The Morgan fingerprint density at radius 3 is 2.34 bits per heavy atom. The number of rotatable bonds is 8. The van der Waals surface area contributed by atoms with E-state index in [9.17, 15) is 25.0 Å². The number of nitro benzene ring substituents is 1. The molecule has 0 radical (unpaired) electrons. The lowest BCUT2D eigenvalue weighted by molar-refractivity contribution is -0.384. The van der Waals surface area contributed by atoms with E-state index in [0.29, 0.717) is 6.54 Å². The molecule has 1 amide bonds. The van der Waals surface area contributed by atoms with Gasteiger partial charge < -0.3 is 4.90 Å². The molecule has 0 bridgehead atoms. The maximum absolute atomic E-state index is 12.5. The number of aromatic nitrogens is 2. The lowest BCUT2D eigenvalue weighted by atomic mass is 10.1. The van der Waals surface area contributed by atoms with Gasteiger partial charge in [-0.15, -0.1) is 0 Å². The molecular formula is C23H19N7O5. The summed E-state index contributed by atoms with van der Waals surface area (Å²) in [6, 6.07) is 18.2. The molecule has 176 valence electrons. The molecule has 0 saturated heterocycles. The second-order valence-corrected chi connectivity index (χ2v) is 7.28. The van der Waals surface area contributed by atoms with Gasteiger partial charge in [-0.05, 0) is 30.5 Å². The molecule has 0 aliphatic heterocycles. The summed E-state index contributed by atoms with van der Waals surface area (Å²) in [5, 5.41) is 24.7. The van der Waals surface area contributed by atoms with Gasteiger partial charge in [-0.3, -0.25) is 35.9 Å². The number of non-ortho nitro benzene ring substituents is 1. The molecule has 1 aromatic heterocycles. The Labute approximate surface area is 198 Å². The zero-order valence-electron chi connectivity index (χ0n) is 18.4. The van der Waals surface area contributed by atoms with Crippen LogP contribution in [0.2, 0.25) is 0 Å². The smallest absolute Gasteiger partial charge is 0.320 e. The van der Waals surface area contributed by atoms with E-state index < -0.39 is 21.4 Å². The average molecular weight is 473 g/mol. The van der Waals surface area contributed by atoms with Crippen LogP contribution in [-0.2, 0) is 0 Å². The minimum absolute atomic E-state index is 0.0518. The first-order valence-electron chi connectivity index (χ1n) is 10.5. The van der Waals surface area contributed by atoms with Crippen LogP contribution < -0.4 is 15.8 Å². The van der Waals surface area contributed by atoms with Crippen LogP contribution >= 0.6 is 0 Å². The van der Waals surface area contributed by atoms with E-state index in [0.717, 1.165) is 22.8 Å². The van der Waals surface area contributed by atoms with E-state index in [2.05, 4.69) is 20.8 Å². The van der Waals surface area contributed by atoms with Gasteiger partial charge in [-0.25, -0.2) is 9.97 Å². The highest BCUT2D eigenvalue weighted by atomic mass is 16.6. The van der Waals surface area contributed by atoms with Crippen LogP contribution in [0.15, 0.2) is 73.1 Å². The van der Waals surface area contributed by atoms with Gasteiger partial charge in [0.2, 0.25) is 11.6 Å². The number of amides is 1. The quantitative estimate of drug-likeness (QED) is 0.280. The largest absolute Gasteiger partial charge is 0.355 e. The van der Waals surface area contributed by atoms with Gasteiger partial charge >= 0.3 is 5.69 Å². The fraction of sp³-hybridized carbons (Fsp3) is 0.0870. The van der Waals surface area contributed by atoms with E-state index in [4.69, 9.17) is 0 Å². The number of hydrazine groups is 1. The molecule has 0 fully saturated rings. The predicted molar refractivity (Wildman–Crippen MR) is 129 cm³/mol. The zero-order chi connectivity index (χ0) is 24.9. The number of benzene rings is 3. The first-order chi connectivity index (χ1) is 16.9. The molecule has 0 unspecified atom stereocenters. The van der Waals surface area contributed by atoms with Crippen molar-refractivity contribution in [3.63, 3.8) is 0 Å². The molecular weight excluding hydrogens is 454 g/mol. The van der Waals surface area contributed by atoms with E-state index in [1.807, 2.05) is 49.4 Å². The minimum atomic E-state index is -0.657. The van der Waals surface area contributed by atoms with Crippen molar-refractivity contribution in [3.05, 3.63) is 98.8 Å². The Morgan fingerprint density at radius 2 is 1.66 bits per heavy atom. The molecule has 1 heterocycles. The normalized spacial score (nSPS) is 10.5. The van der Waals surface area contributed by atoms with Crippen LogP contribution in [0, 0.1) is 20.2 Å². The fourth-order valence-corrected chi connectivity index (χ4v) is 3.63. The van der Waals surface area contributed by atoms with Crippen molar-refractivity contribution in [3.8, 4) is 0 Å². The second kappa shape index (κ2) is 9.79. The summed E-state index contributed by atoms with van der Waals surface area (Å²) < 4.78 is 0. The van der Waals surface area contributed by atoms with Gasteiger partial charge in [-0.2, -0.15) is 0 Å². The first-order valence-corrected chi connectivity index (χ1v) is 10.5. The van der Waals surface area contributed by atoms with Gasteiger partial charge in [0.1, 0.15) is 6.33 Å². The summed E-state index contributed by atoms with van der Waals surface area (Å²) in [5.41, 5.74) is 5.08. The number of nitrogens with one attached hydrogen (secondary N) is 2. The topological polar surface area (TPSA) is 156 Å². The van der Waals surface area contributed by atoms with E-state index in [-0.39, 0.29) is 22.9 Å². The Bertz CT molecular complexity index is 1420. The third kappa shape index (κ3) is 4.66. The van der Waals surface area contributed by atoms with Gasteiger partial charge in [0.15, 0.2) is 0 Å². The van der Waals surface area contributed by atoms with E-state index in [1.54, 1.807) is 4.90 Å². The van der Waals surface area contributed by atoms with Crippen molar-refractivity contribution in [1.29, 1.82) is 0 Å². The monoisotopic (exact) mass is 473 g/mol. The Morgan fingerprint density at radius 1 is 0.943 bits per heavy atom. The molecule has 0 spiro atoms. The van der Waals surface area contributed by atoms with Crippen molar-refractivity contribution < 1.29 is 14.6 Å². The van der Waals surface area contributed by atoms with Gasteiger partial charge in [-0.1, -0.05) is 36.4 Å². The Balaban J connectivity index is 1.66. The number of hydrogen-bond donors (Lipinski definition) is 2. The number of fused-ring (bicyclic) bond motifs is 1. The number of hydrogen-bond acceptors (Lipinski definition) is 9. The third-order valence-corrected chi connectivity index (χ3v) is 5.25. The Hall–Kier alpha value is -5.13. The Kier molecular flexibility index (Phi) is 6.44. The molecule has 0 aliphatic rings. The van der Waals surface area contributed by atoms with Crippen molar-refractivity contribution in [1.82, 2.24) is 15.4 Å². The summed E-state index contributed by atoms with van der Waals surface area (Å²) in [6.45, 7) is 2.22. The number of carbonyl (C=O) groups excluding carboxylic acids is 1. The number of nitro groups is 2. The molecule has 2 N–H and O–H groups in total. The average Bonchev–Trinajstić information content (AvgIpc) is 2.87. The highest BCUT2D eigenvalue weighted by Gasteiger charge is 2.28. The molecule has 12 nitrogen and oxygen atoms in total. The SMILES string of the molecule is CCN(c1ncnc(NNC(=O)c2ccc([N+](=O)[O-])cc2)c1[N+](=O)[O-])c1cccc2ccccc12. The molecule has 35 heavy (non-hydrogen) atoms. The molecule has 0 aliphatic carbocycles. The first kappa shape index (κ1) is 23.0. The van der Waals surface area contributed by atoms with Gasteiger partial charge in [0.05, 0.1) is 15.5 Å². The standard InChI is InChI=1S/C23H19N7O5/c1-2-28(19-9-5-7-15-6-3-4-8-18(15)19)22-20(30(34)35)21(24-14-25-22)26-27-23(31)16-10-12-17(13-11-16)29(32)33/h3-14H,2H2,1H3,(H,27,31)(H,24,25,26). The molecule has 4 aromatic rings. The molecule has 4 rings (SSSR count). The summed E-state index contributed by atoms with van der Waals surface area (Å²) >= 11 is 0. The van der Waals surface area contributed by atoms with Crippen molar-refractivity contribution in [2.45, 2.75) is 6.92 Å². The van der Waals surface area contributed by atoms with Gasteiger partial charge in [0.25, 0.3) is 11.6 Å².